The molecule has 0 heterocycles. The Morgan fingerprint density at radius 3 is 2.79 bits per heavy atom. The van der Waals surface area contributed by atoms with Crippen molar-refractivity contribution in [1.29, 1.82) is 0 Å². The van der Waals surface area contributed by atoms with Crippen LogP contribution >= 0.6 is 15.9 Å². The first-order chi connectivity index (χ1) is 9.13. The number of aromatic carboxylic acids is 1. The highest BCUT2D eigenvalue weighted by Crippen LogP contribution is 2.37. The van der Waals surface area contributed by atoms with Gasteiger partial charge in [-0.25, -0.2) is 4.79 Å². The lowest BCUT2D eigenvalue weighted by atomic mass is 9.78. The summed E-state index contributed by atoms with van der Waals surface area (Å²) < 4.78 is 0. The van der Waals surface area contributed by atoms with Gasteiger partial charge in [0.2, 0.25) is 6.41 Å². The monoisotopic (exact) mass is 325 g/mol. The number of hydrogen-bond acceptors (Lipinski definition) is 2. The topological polar surface area (TPSA) is 66.4 Å². The zero-order valence-corrected chi connectivity index (χ0v) is 12.0. The Hall–Kier alpha value is -1.36. The molecule has 0 bridgehead atoms. The van der Waals surface area contributed by atoms with Crippen LogP contribution in [0.3, 0.4) is 0 Å². The fourth-order valence-corrected chi connectivity index (χ4v) is 3.45. The minimum Gasteiger partial charge on any atom is -0.478 e. The molecular formula is C14H16BrNO3. The standard InChI is InChI=1S/C14H16BrNO3/c15-9-5-6-11(13(7-9)16-8-17)10-3-1-2-4-12(10)14(18)19/h1-4,8-9,11,13H,5-7H2,(H,16,17)(H,18,19)/t9-,11-,13+/m0/s1. The molecule has 1 aliphatic carbocycles. The van der Waals surface area contributed by atoms with E-state index in [-0.39, 0.29) is 12.0 Å². The molecule has 2 rings (SSSR count). The lowest BCUT2D eigenvalue weighted by molar-refractivity contribution is -0.110. The Labute approximate surface area is 120 Å². The van der Waals surface area contributed by atoms with Crippen molar-refractivity contribution in [2.75, 3.05) is 0 Å². The van der Waals surface area contributed by atoms with Gasteiger partial charge in [-0.15, -0.1) is 0 Å². The predicted molar refractivity (Wildman–Crippen MR) is 75.7 cm³/mol. The van der Waals surface area contributed by atoms with Gasteiger partial charge in [-0.3, -0.25) is 4.79 Å². The van der Waals surface area contributed by atoms with Gasteiger partial charge in [-0.05, 0) is 30.9 Å². The van der Waals surface area contributed by atoms with E-state index in [1.807, 2.05) is 12.1 Å². The van der Waals surface area contributed by atoms with E-state index in [2.05, 4.69) is 21.2 Å². The Balaban J connectivity index is 2.33. The molecule has 0 aliphatic heterocycles. The van der Waals surface area contributed by atoms with Gasteiger partial charge in [-0.1, -0.05) is 34.1 Å². The zero-order chi connectivity index (χ0) is 13.8. The summed E-state index contributed by atoms with van der Waals surface area (Å²) >= 11 is 3.57. The van der Waals surface area contributed by atoms with E-state index in [1.54, 1.807) is 12.1 Å². The lowest BCUT2D eigenvalue weighted by Crippen LogP contribution is -2.40. The van der Waals surface area contributed by atoms with Crippen molar-refractivity contribution in [2.45, 2.75) is 36.0 Å². The Bertz CT molecular complexity index is 478. The number of nitrogens with one attached hydrogen (secondary N) is 1. The van der Waals surface area contributed by atoms with E-state index in [0.717, 1.165) is 24.8 Å². The molecule has 0 spiro atoms. The molecule has 1 saturated carbocycles. The molecule has 1 aromatic rings. The molecule has 1 aliphatic rings. The number of carboxylic acid groups (broad SMARTS) is 1. The van der Waals surface area contributed by atoms with Gasteiger partial charge < -0.3 is 10.4 Å². The first kappa shape index (κ1) is 14.1. The largest absolute Gasteiger partial charge is 0.478 e. The molecule has 4 nitrogen and oxygen atoms in total. The predicted octanol–water partition coefficient (Wildman–Crippen LogP) is 2.53. The molecule has 102 valence electrons. The second-order valence-corrected chi connectivity index (χ2v) is 6.10. The Kier molecular flexibility index (Phi) is 4.58. The second-order valence-electron chi connectivity index (χ2n) is 4.80. The third kappa shape index (κ3) is 3.15. The van der Waals surface area contributed by atoms with E-state index in [1.165, 1.54) is 0 Å². The van der Waals surface area contributed by atoms with Crippen LogP contribution in [0, 0.1) is 0 Å². The van der Waals surface area contributed by atoms with Crippen molar-refractivity contribution in [1.82, 2.24) is 5.32 Å². The minimum absolute atomic E-state index is 0.0175. The number of amides is 1. The Morgan fingerprint density at radius 2 is 2.11 bits per heavy atom. The van der Waals surface area contributed by atoms with Gasteiger partial charge in [0.1, 0.15) is 0 Å². The van der Waals surface area contributed by atoms with Gasteiger partial charge in [0.25, 0.3) is 0 Å². The SMILES string of the molecule is O=CN[C@@H]1C[C@@H](Br)CC[C@H]1c1ccccc1C(=O)O. The van der Waals surface area contributed by atoms with Crippen molar-refractivity contribution >= 4 is 28.3 Å². The van der Waals surface area contributed by atoms with Crippen molar-refractivity contribution in [3.63, 3.8) is 0 Å². The molecule has 19 heavy (non-hydrogen) atoms. The third-order valence-corrected chi connectivity index (χ3v) is 4.49. The zero-order valence-electron chi connectivity index (χ0n) is 10.4. The van der Waals surface area contributed by atoms with E-state index in [0.29, 0.717) is 16.8 Å². The van der Waals surface area contributed by atoms with Gasteiger partial charge in [-0.2, -0.15) is 0 Å². The average Bonchev–Trinajstić information content (AvgIpc) is 2.39. The fourth-order valence-electron chi connectivity index (χ4n) is 2.78. The third-order valence-electron chi connectivity index (χ3n) is 3.66. The molecule has 5 heteroatoms. The number of halogens is 1. The first-order valence-electron chi connectivity index (χ1n) is 6.29. The summed E-state index contributed by atoms with van der Waals surface area (Å²) in [6.45, 7) is 0. The fraction of sp³-hybridized carbons (Fsp3) is 0.429. The number of benzene rings is 1. The van der Waals surface area contributed by atoms with Crippen LogP contribution in [0.5, 0.6) is 0 Å². The normalized spacial score (nSPS) is 26.7. The number of carbonyl (C=O) groups excluding carboxylic acids is 1. The van der Waals surface area contributed by atoms with Crippen LogP contribution in [-0.4, -0.2) is 28.4 Å². The number of hydrogen-bond donors (Lipinski definition) is 2. The smallest absolute Gasteiger partial charge is 0.335 e. The first-order valence-corrected chi connectivity index (χ1v) is 7.21. The van der Waals surface area contributed by atoms with Crippen LogP contribution in [0.4, 0.5) is 0 Å². The summed E-state index contributed by atoms with van der Waals surface area (Å²) in [6, 6.07) is 7.03. The second kappa shape index (κ2) is 6.19. The van der Waals surface area contributed by atoms with Crippen molar-refractivity contribution in [3.8, 4) is 0 Å². The van der Waals surface area contributed by atoms with Crippen LogP contribution in [0.2, 0.25) is 0 Å². The van der Waals surface area contributed by atoms with E-state index in [4.69, 9.17) is 0 Å². The van der Waals surface area contributed by atoms with Crippen molar-refractivity contribution < 1.29 is 14.7 Å². The molecular weight excluding hydrogens is 310 g/mol. The molecule has 1 aromatic carbocycles. The van der Waals surface area contributed by atoms with Crippen LogP contribution in [0.25, 0.3) is 0 Å². The quantitative estimate of drug-likeness (QED) is 0.660. The average molecular weight is 326 g/mol. The molecule has 0 unspecified atom stereocenters. The van der Waals surface area contributed by atoms with E-state index in [9.17, 15) is 14.7 Å². The summed E-state index contributed by atoms with van der Waals surface area (Å²) in [5.41, 5.74) is 1.15. The molecule has 0 aromatic heterocycles. The van der Waals surface area contributed by atoms with E-state index < -0.39 is 5.97 Å². The maximum atomic E-state index is 11.3. The highest BCUT2D eigenvalue weighted by atomic mass is 79.9. The van der Waals surface area contributed by atoms with Crippen LogP contribution < -0.4 is 5.32 Å². The summed E-state index contributed by atoms with van der Waals surface area (Å²) in [4.78, 5) is 22.4. The highest BCUT2D eigenvalue weighted by Gasteiger charge is 2.32. The van der Waals surface area contributed by atoms with Gasteiger partial charge >= 0.3 is 5.97 Å². The van der Waals surface area contributed by atoms with Crippen LogP contribution in [-0.2, 0) is 4.79 Å². The Morgan fingerprint density at radius 1 is 1.37 bits per heavy atom. The highest BCUT2D eigenvalue weighted by molar-refractivity contribution is 9.09. The van der Waals surface area contributed by atoms with Crippen molar-refractivity contribution in [3.05, 3.63) is 35.4 Å². The molecule has 0 radical (unpaired) electrons. The molecule has 1 fully saturated rings. The summed E-state index contributed by atoms with van der Waals surface area (Å²) in [6.07, 6.45) is 3.37. The summed E-state index contributed by atoms with van der Waals surface area (Å²) in [7, 11) is 0. The summed E-state index contributed by atoms with van der Waals surface area (Å²) in [5.74, 6) is -0.854. The number of carbonyl (C=O) groups is 2. The number of rotatable bonds is 4. The molecule has 2 N–H and O–H groups in total. The maximum Gasteiger partial charge on any atom is 0.335 e. The van der Waals surface area contributed by atoms with Gasteiger partial charge in [0.05, 0.1) is 5.56 Å². The summed E-state index contributed by atoms with van der Waals surface area (Å²) in [5, 5.41) is 12.1. The molecule has 3 atom stereocenters. The number of carboxylic acids is 1. The van der Waals surface area contributed by atoms with E-state index >= 15 is 0 Å². The molecule has 1 amide bonds. The minimum atomic E-state index is -0.915. The lowest BCUT2D eigenvalue weighted by Gasteiger charge is -2.34. The van der Waals surface area contributed by atoms with Crippen LogP contribution in [0.1, 0.15) is 41.1 Å². The van der Waals surface area contributed by atoms with Gasteiger partial charge in [0, 0.05) is 16.8 Å². The molecule has 0 saturated heterocycles. The maximum absolute atomic E-state index is 11.3. The number of alkyl halides is 1. The van der Waals surface area contributed by atoms with Crippen molar-refractivity contribution in [2.24, 2.45) is 0 Å². The van der Waals surface area contributed by atoms with Crippen LogP contribution in [0.15, 0.2) is 24.3 Å². The van der Waals surface area contributed by atoms with Gasteiger partial charge in [0.15, 0.2) is 0 Å².